The number of benzene rings is 2. The van der Waals surface area contributed by atoms with E-state index in [0.29, 0.717) is 11.1 Å². The summed E-state index contributed by atoms with van der Waals surface area (Å²) >= 11 is 0. The lowest BCUT2D eigenvalue weighted by molar-refractivity contribution is 0.405. The average molecular weight is 216 g/mol. The van der Waals surface area contributed by atoms with E-state index in [1.54, 1.807) is 24.3 Å². The molecule has 0 unspecified atom stereocenters. The molecule has 0 saturated heterocycles. The predicted molar refractivity (Wildman–Crippen MR) is 61.6 cm³/mol. The molecule has 2 aromatic carbocycles. The Balaban J connectivity index is 2.64. The van der Waals surface area contributed by atoms with Crippen molar-refractivity contribution < 1.29 is 15.3 Å². The van der Waals surface area contributed by atoms with Crippen LogP contribution in [0.15, 0.2) is 36.4 Å². The van der Waals surface area contributed by atoms with Crippen LogP contribution < -0.4 is 0 Å². The van der Waals surface area contributed by atoms with Gasteiger partial charge in [-0.3, -0.25) is 0 Å². The number of aromatic hydroxyl groups is 3. The van der Waals surface area contributed by atoms with Gasteiger partial charge < -0.3 is 15.3 Å². The first-order valence-electron chi connectivity index (χ1n) is 4.90. The van der Waals surface area contributed by atoms with E-state index in [4.69, 9.17) is 0 Å². The Hall–Kier alpha value is -2.16. The minimum Gasteiger partial charge on any atom is -0.508 e. The van der Waals surface area contributed by atoms with Crippen LogP contribution in [0.3, 0.4) is 0 Å². The minimum absolute atomic E-state index is 0.123. The van der Waals surface area contributed by atoms with Gasteiger partial charge in [-0.15, -0.1) is 0 Å². The van der Waals surface area contributed by atoms with Gasteiger partial charge in [0.05, 0.1) is 0 Å². The summed E-state index contributed by atoms with van der Waals surface area (Å²) in [5, 5.41) is 28.6. The second kappa shape index (κ2) is 3.77. The van der Waals surface area contributed by atoms with Crippen molar-refractivity contribution in [3.63, 3.8) is 0 Å². The molecule has 0 spiro atoms. The number of phenolic OH excluding ortho intramolecular Hbond substituents is 3. The predicted octanol–water partition coefficient (Wildman–Crippen LogP) is 2.78. The Morgan fingerprint density at radius 3 is 2.38 bits per heavy atom. The van der Waals surface area contributed by atoms with E-state index in [1.165, 1.54) is 12.1 Å². The highest BCUT2D eigenvalue weighted by molar-refractivity contribution is 5.74. The summed E-state index contributed by atoms with van der Waals surface area (Å²) in [4.78, 5) is 0. The fourth-order valence-electron chi connectivity index (χ4n) is 1.65. The standard InChI is InChI=1S/C13H12O3/c1-8-5-11(13(16)12(15)6-8)9-3-2-4-10(14)7-9/h2-7,14-16H,1H3. The normalized spacial score (nSPS) is 10.3. The fourth-order valence-corrected chi connectivity index (χ4v) is 1.65. The number of aryl methyl sites for hydroxylation is 1. The Kier molecular flexibility index (Phi) is 2.44. The number of phenols is 3. The first-order chi connectivity index (χ1) is 7.58. The highest BCUT2D eigenvalue weighted by Gasteiger charge is 2.09. The smallest absolute Gasteiger partial charge is 0.165 e. The fraction of sp³-hybridized carbons (Fsp3) is 0.0769. The van der Waals surface area contributed by atoms with E-state index in [-0.39, 0.29) is 17.2 Å². The van der Waals surface area contributed by atoms with Gasteiger partial charge in [0, 0.05) is 5.56 Å². The zero-order valence-corrected chi connectivity index (χ0v) is 8.81. The average Bonchev–Trinajstić information content (AvgIpc) is 2.23. The quantitative estimate of drug-likeness (QED) is 0.642. The molecule has 0 radical (unpaired) electrons. The summed E-state index contributed by atoms with van der Waals surface area (Å²) < 4.78 is 0. The Bertz CT molecular complexity index is 533. The lowest BCUT2D eigenvalue weighted by Gasteiger charge is -2.08. The van der Waals surface area contributed by atoms with Crippen LogP contribution in [0.2, 0.25) is 0 Å². The van der Waals surface area contributed by atoms with E-state index >= 15 is 0 Å². The van der Waals surface area contributed by atoms with E-state index < -0.39 is 0 Å². The Morgan fingerprint density at radius 1 is 0.938 bits per heavy atom. The molecule has 0 bridgehead atoms. The van der Waals surface area contributed by atoms with Crippen molar-refractivity contribution in [1.29, 1.82) is 0 Å². The maximum atomic E-state index is 9.73. The summed E-state index contributed by atoms with van der Waals surface area (Å²) in [6, 6.07) is 9.77. The summed E-state index contributed by atoms with van der Waals surface area (Å²) in [5.74, 6) is -0.201. The van der Waals surface area contributed by atoms with Crippen molar-refractivity contribution in [1.82, 2.24) is 0 Å². The maximum absolute atomic E-state index is 9.73. The third-order valence-electron chi connectivity index (χ3n) is 2.39. The summed E-state index contributed by atoms with van der Waals surface area (Å²) in [7, 11) is 0. The highest BCUT2D eigenvalue weighted by atomic mass is 16.3. The van der Waals surface area contributed by atoms with Crippen LogP contribution in [0.5, 0.6) is 17.2 Å². The second-order valence-electron chi connectivity index (χ2n) is 3.73. The van der Waals surface area contributed by atoms with Gasteiger partial charge >= 0.3 is 0 Å². The Labute approximate surface area is 93.2 Å². The van der Waals surface area contributed by atoms with Gasteiger partial charge in [0.1, 0.15) is 5.75 Å². The zero-order chi connectivity index (χ0) is 11.7. The molecule has 3 heteroatoms. The van der Waals surface area contributed by atoms with Gasteiger partial charge in [0.25, 0.3) is 0 Å². The van der Waals surface area contributed by atoms with E-state index in [0.717, 1.165) is 5.56 Å². The molecule has 0 amide bonds. The molecule has 2 aromatic rings. The van der Waals surface area contributed by atoms with Crippen molar-refractivity contribution in [2.75, 3.05) is 0 Å². The molecule has 0 saturated carbocycles. The monoisotopic (exact) mass is 216 g/mol. The first-order valence-corrected chi connectivity index (χ1v) is 4.90. The molecule has 16 heavy (non-hydrogen) atoms. The molecule has 0 aromatic heterocycles. The van der Waals surface area contributed by atoms with Crippen molar-refractivity contribution in [3.8, 4) is 28.4 Å². The Morgan fingerprint density at radius 2 is 1.69 bits per heavy atom. The second-order valence-corrected chi connectivity index (χ2v) is 3.73. The van der Waals surface area contributed by atoms with Crippen molar-refractivity contribution in [2.45, 2.75) is 6.92 Å². The summed E-state index contributed by atoms with van der Waals surface area (Å²) in [5.41, 5.74) is 2.01. The third kappa shape index (κ3) is 1.80. The molecule has 0 aliphatic rings. The van der Waals surface area contributed by atoms with Crippen LogP contribution in [0.4, 0.5) is 0 Å². The van der Waals surface area contributed by atoms with Gasteiger partial charge in [-0.2, -0.15) is 0 Å². The molecule has 2 rings (SSSR count). The third-order valence-corrected chi connectivity index (χ3v) is 2.39. The van der Waals surface area contributed by atoms with Crippen molar-refractivity contribution in [3.05, 3.63) is 42.0 Å². The van der Waals surface area contributed by atoms with Crippen LogP contribution >= 0.6 is 0 Å². The van der Waals surface area contributed by atoms with Crippen LogP contribution in [0.25, 0.3) is 11.1 Å². The molecule has 0 fully saturated rings. The van der Waals surface area contributed by atoms with Gasteiger partial charge in [0.15, 0.2) is 11.5 Å². The molecule has 3 N–H and O–H groups in total. The topological polar surface area (TPSA) is 60.7 Å². The van der Waals surface area contributed by atoms with Crippen LogP contribution in [0.1, 0.15) is 5.56 Å². The molecular formula is C13H12O3. The maximum Gasteiger partial charge on any atom is 0.165 e. The van der Waals surface area contributed by atoms with Gasteiger partial charge in [-0.05, 0) is 42.3 Å². The van der Waals surface area contributed by atoms with E-state index in [1.807, 2.05) is 6.92 Å². The lowest BCUT2D eigenvalue weighted by Crippen LogP contribution is -1.82. The van der Waals surface area contributed by atoms with Gasteiger partial charge in [-0.1, -0.05) is 12.1 Å². The highest BCUT2D eigenvalue weighted by Crippen LogP contribution is 2.38. The minimum atomic E-state index is -0.170. The van der Waals surface area contributed by atoms with E-state index in [2.05, 4.69) is 0 Å². The lowest BCUT2D eigenvalue weighted by atomic mass is 10.0. The molecule has 3 nitrogen and oxygen atoms in total. The molecular weight excluding hydrogens is 204 g/mol. The van der Waals surface area contributed by atoms with Crippen LogP contribution in [-0.2, 0) is 0 Å². The van der Waals surface area contributed by atoms with E-state index in [9.17, 15) is 15.3 Å². The summed E-state index contributed by atoms with van der Waals surface area (Å²) in [6.45, 7) is 1.82. The number of hydrogen-bond acceptors (Lipinski definition) is 3. The van der Waals surface area contributed by atoms with Gasteiger partial charge in [0.2, 0.25) is 0 Å². The van der Waals surface area contributed by atoms with Crippen molar-refractivity contribution in [2.24, 2.45) is 0 Å². The SMILES string of the molecule is Cc1cc(O)c(O)c(-c2cccc(O)c2)c1. The molecule has 0 aliphatic carbocycles. The van der Waals surface area contributed by atoms with Crippen LogP contribution in [-0.4, -0.2) is 15.3 Å². The van der Waals surface area contributed by atoms with Gasteiger partial charge in [-0.25, -0.2) is 0 Å². The van der Waals surface area contributed by atoms with Crippen molar-refractivity contribution >= 4 is 0 Å². The first kappa shape index (κ1) is 10.4. The summed E-state index contributed by atoms with van der Waals surface area (Å²) in [6.07, 6.45) is 0. The zero-order valence-electron chi connectivity index (χ0n) is 8.81. The molecule has 82 valence electrons. The van der Waals surface area contributed by atoms with Crippen LogP contribution in [0, 0.1) is 6.92 Å². The molecule has 0 heterocycles. The number of hydrogen-bond donors (Lipinski definition) is 3. The molecule has 0 aliphatic heterocycles. The molecule has 0 atom stereocenters. The number of rotatable bonds is 1. The largest absolute Gasteiger partial charge is 0.508 e.